The molecule has 0 bridgehead atoms. The first kappa shape index (κ1) is 18.2. The molecule has 2 aromatic carbocycles. The average molecular weight is 390 g/mol. The van der Waals surface area contributed by atoms with Crippen molar-refractivity contribution in [2.45, 2.75) is 43.9 Å². The van der Waals surface area contributed by atoms with Crippen molar-refractivity contribution in [2.24, 2.45) is 0 Å². The summed E-state index contributed by atoms with van der Waals surface area (Å²) in [4.78, 5) is 0. The van der Waals surface area contributed by atoms with Crippen LogP contribution in [0, 0.1) is 0 Å². The summed E-state index contributed by atoms with van der Waals surface area (Å²) in [6.07, 6.45) is -4.63. The fourth-order valence-electron chi connectivity index (χ4n) is 3.26. The zero-order valence-electron chi connectivity index (χ0n) is 18.1. The molecule has 1 heterocycles. The number of hydrogen-bond acceptors (Lipinski definition) is 6. The third-order valence-corrected chi connectivity index (χ3v) is 4.70. The van der Waals surface area contributed by atoms with Gasteiger partial charge in [-0.1, -0.05) is 60.7 Å². The van der Waals surface area contributed by atoms with Crippen LogP contribution in [-0.2, 0) is 36.9 Å². The van der Waals surface area contributed by atoms with Gasteiger partial charge >= 0.3 is 0 Å². The lowest BCUT2D eigenvalue weighted by Crippen LogP contribution is -2.61. The highest BCUT2D eigenvalue weighted by Crippen LogP contribution is 2.29. The lowest BCUT2D eigenvalue weighted by molar-refractivity contribution is -0.317. The largest absolute Gasteiger partial charge is 0.394 e. The van der Waals surface area contributed by atoms with Crippen LogP contribution in [0.3, 0.4) is 0 Å². The second kappa shape index (κ2) is 10.7. The molecule has 0 aliphatic carbocycles. The molecule has 1 saturated heterocycles. The third-order valence-electron chi connectivity index (χ3n) is 4.70. The van der Waals surface area contributed by atoms with Crippen LogP contribution in [-0.4, -0.2) is 56.6 Å². The first-order chi connectivity index (χ1) is 14.4. The molecule has 6 nitrogen and oxygen atoms in total. The molecule has 152 valence electrons. The lowest BCUT2D eigenvalue weighted by Gasteiger charge is -2.44. The summed E-state index contributed by atoms with van der Waals surface area (Å²) in [5, 5.41) is 10.0. The number of methoxy groups -OCH3 is 2. The molecule has 0 unspecified atom stereocenters. The number of benzene rings is 2. The fourth-order valence-corrected chi connectivity index (χ4v) is 3.26. The molecular formula is C22H28O6. The van der Waals surface area contributed by atoms with Crippen molar-refractivity contribution in [3.05, 3.63) is 71.8 Å². The fraction of sp³-hybridized carbons (Fsp3) is 0.455. The van der Waals surface area contributed by atoms with Crippen molar-refractivity contribution in [2.75, 3.05) is 20.8 Å². The lowest BCUT2D eigenvalue weighted by atomic mass is 9.98. The van der Waals surface area contributed by atoms with Crippen molar-refractivity contribution in [1.29, 1.82) is 0 Å². The smallest absolute Gasteiger partial charge is 0.186 e. The van der Waals surface area contributed by atoms with Gasteiger partial charge in [0.15, 0.2) is 6.29 Å². The van der Waals surface area contributed by atoms with Crippen LogP contribution in [0.25, 0.3) is 0 Å². The predicted molar refractivity (Wildman–Crippen MR) is 104 cm³/mol. The standard InChI is InChI=1S/C22H28O6/c1-24-19-18(13-23)28-22(25-2)21(27-15-17-11-7-4-8-12-17)20(19)26-14-16-9-5-3-6-10-16/h3-12,18-23H,13-15H2,1-2H3/t18-,19-,20+,21-,22-/m1/s1/i13D2. The zero-order valence-corrected chi connectivity index (χ0v) is 16.1. The summed E-state index contributed by atoms with van der Waals surface area (Å²) in [7, 11) is 2.86. The highest BCUT2D eigenvalue weighted by Gasteiger charge is 2.48. The van der Waals surface area contributed by atoms with Crippen LogP contribution >= 0.6 is 0 Å². The maximum absolute atomic E-state index is 10.0. The maximum Gasteiger partial charge on any atom is 0.186 e. The van der Waals surface area contributed by atoms with E-state index >= 15 is 0 Å². The molecule has 1 N–H and O–H groups in total. The number of aliphatic hydroxyl groups is 1. The zero-order chi connectivity index (χ0) is 21.6. The van der Waals surface area contributed by atoms with Crippen LogP contribution < -0.4 is 0 Å². The van der Waals surface area contributed by atoms with E-state index in [1.54, 1.807) is 0 Å². The Morgan fingerprint density at radius 2 is 1.36 bits per heavy atom. The molecule has 0 amide bonds. The van der Waals surface area contributed by atoms with Gasteiger partial charge in [0.1, 0.15) is 24.4 Å². The van der Waals surface area contributed by atoms with E-state index in [4.69, 9.17) is 26.4 Å². The molecule has 1 aliphatic rings. The molecule has 28 heavy (non-hydrogen) atoms. The summed E-state index contributed by atoms with van der Waals surface area (Å²) in [5.74, 6) is 0. The van der Waals surface area contributed by atoms with Crippen molar-refractivity contribution >= 4 is 0 Å². The first-order valence-electron chi connectivity index (χ1n) is 10.2. The summed E-state index contributed by atoms with van der Waals surface area (Å²) < 4.78 is 44.5. The van der Waals surface area contributed by atoms with Crippen LogP contribution in [0.4, 0.5) is 0 Å². The van der Waals surface area contributed by atoms with Crippen molar-refractivity contribution in [3.8, 4) is 0 Å². The van der Waals surface area contributed by atoms with E-state index in [2.05, 4.69) is 0 Å². The molecule has 0 radical (unpaired) electrons. The van der Waals surface area contributed by atoms with E-state index in [9.17, 15) is 5.11 Å². The molecule has 0 aromatic heterocycles. The van der Waals surface area contributed by atoms with Crippen LogP contribution in [0.15, 0.2) is 60.7 Å². The summed E-state index contributed by atoms with van der Waals surface area (Å²) in [6.45, 7) is -2.11. The van der Waals surface area contributed by atoms with Crippen molar-refractivity contribution < 1.29 is 31.5 Å². The molecule has 5 atom stereocenters. The highest BCUT2D eigenvalue weighted by molar-refractivity contribution is 5.14. The minimum absolute atomic E-state index is 0.258. The number of ether oxygens (including phenoxy) is 5. The molecule has 0 saturated carbocycles. The molecule has 1 aliphatic heterocycles. The number of hydrogen-bond donors (Lipinski definition) is 1. The first-order valence-corrected chi connectivity index (χ1v) is 9.18. The van der Waals surface area contributed by atoms with E-state index in [-0.39, 0.29) is 13.2 Å². The van der Waals surface area contributed by atoms with Gasteiger partial charge < -0.3 is 28.8 Å². The van der Waals surface area contributed by atoms with Gasteiger partial charge in [-0.15, -0.1) is 0 Å². The Bertz CT molecular complexity index is 755. The Labute approximate surface area is 168 Å². The van der Waals surface area contributed by atoms with E-state index in [0.29, 0.717) is 0 Å². The van der Waals surface area contributed by atoms with Gasteiger partial charge in [0.05, 0.1) is 22.5 Å². The Morgan fingerprint density at radius 3 is 1.82 bits per heavy atom. The van der Waals surface area contributed by atoms with Gasteiger partial charge in [0, 0.05) is 14.2 Å². The molecule has 0 spiro atoms. The van der Waals surface area contributed by atoms with Crippen LogP contribution in [0.5, 0.6) is 0 Å². The van der Waals surface area contributed by atoms with Gasteiger partial charge in [-0.2, -0.15) is 0 Å². The van der Waals surface area contributed by atoms with Crippen LogP contribution in [0.1, 0.15) is 13.9 Å². The minimum atomic E-state index is -2.66. The Kier molecular flexibility index (Phi) is 6.95. The van der Waals surface area contributed by atoms with Gasteiger partial charge in [-0.25, -0.2) is 0 Å². The summed E-state index contributed by atoms with van der Waals surface area (Å²) >= 11 is 0. The second-order valence-electron chi connectivity index (χ2n) is 6.51. The van der Waals surface area contributed by atoms with E-state index in [0.717, 1.165) is 11.1 Å². The molecular weight excluding hydrogens is 360 g/mol. The SMILES string of the molecule is [2H]C([2H])(O)[C@H]1O[C@@H](OC)[C@H](OCc2ccccc2)[C@@H](OCc2ccccc2)[C@@H]1OC. The van der Waals surface area contributed by atoms with Gasteiger partial charge in [-0.3, -0.25) is 0 Å². The molecule has 6 heteroatoms. The summed E-state index contributed by atoms with van der Waals surface area (Å²) in [6, 6.07) is 19.2. The predicted octanol–water partition coefficient (Wildman–Crippen LogP) is 2.54. The van der Waals surface area contributed by atoms with Gasteiger partial charge in [0.2, 0.25) is 0 Å². The molecule has 2 aromatic rings. The Balaban J connectivity index is 1.84. The molecule has 1 fully saturated rings. The summed E-state index contributed by atoms with van der Waals surface area (Å²) in [5.41, 5.74) is 1.90. The normalized spacial score (nSPS) is 29.2. The van der Waals surface area contributed by atoms with Crippen molar-refractivity contribution in [3.63, 3.8) is 0 Å². The van der Waals surface area contributed by atoms with Gasteiger partial charge in [0.25, 0.3) is 0 Å². The Hall–Kier alpha value is -1.80. The quantitative estimate of drug-likeness (QED) is 0.710. The van der Waals surface area contributed by atoms with Crippen molar-refractivity contribution in [1.82, 2.24) is 0 Å². The maximum atomic E-state index is 10.0. The monoisotopic (exact) mass is 390 g/mol. The molecule has 3 rings (SSSR count). The minimum Gasteiger partial charge on any atom is -0.394 e. The van der Waals surface area contributed by atoms with E-state index in [1.165, 1.54) is 14.2 Å². The topological polar surface area (TPSA) is 66.4 Å². The highest BCUT2D eigenvalue weighted by atomic mass is 16.7. The van der Waals surface area contributed by atoms with E-state index in [1.807, 2.05) is 60.7 Å². The van der Waals surface area contributed by atoms with E-state index < -0.39 is 37.3 Å². The second-order valence-corrected chi connectivity index (χ2v) is 6.51. The average Bonchev–Trinajstić information content (AvgIpc) is 2.76. The number of rotatable bonds is 9. The Morgan fingerprint density at radius 1 is 0.821 bits per heavy atom. The van der Waals surface area contributed by atoms with Gasteiger partial charge in [-0.05, 0) is 11.1 Å². The third kappa shape index (κ3) is 5.17. The van der Waals surface area contributed by atoms with Crippen LogP contribution in [0.2, 0.25) is 0 Å².